The first kappa shape index (κ1) is 19.0. The Kier molecular flexibility index (Phi) is 4.98. The Morgan fingerprint density at radius 1 is 1.00 bits per heavy atom. The van der Waals surface area contributed by atoms with Gasteiger partial charge in [-0.25, -0.2) is 4.98 Å². The molecule has 0 atom stereocenters. The number of halogens is 1. The van der Waals surface area contributed by atoms with Gasteiger partial charge in [-0.15, -0.1) is 0 Å². The van der Waals surface area contributed by atoms with Crippen LogP contribution in [0, 0.1) is 13.8 Å². The molecule has 2 aromatic heterocycles. The number of para-hydroxylation sites is 1. The number of nitrogens with zero attached hydrogens (tertiary/aromatic N) is 4. The number of imidazole rings is 1. The van der Waals surface area contributed by atoms with Gasteiger partial charge in [-0.3, -0.25) is 4.57 Å². The minimum Gasteiger partial charge on any atom is -0.497 e. The molecule has 0 amide bonds. The van der Waals surface area contributed by atoms with Crippen LogP contribution in [0.15, 0.2) is 47.0 Å². The molecule has 0 spiro atoms. The number of methoxy groups -OCH3 is 2. The van der Waals surface area contributed by atoms with Crippen LogP contribution in [0.5, 0.6) is 11.5 Å². The molecule has 0 aliphatic carbocycles. The van der Waals surface area contributed by atoms with Crippen molar-refractivity contribution in [3.8, 4) is 40.2 Å². The van der Waals surface area contributed by atoms with Crippen LogP contribution in [0.2, 0.25) is 5.02 Å². The van der Waals surface area contributed by atoms with Crippen LogP contribution in [-0.4, -0.2) is 33.9 Å². The van der Waals surface area contributed by atoms with Gasteiger partial charge in [0.15, 0.2) is 0 Å². The van der Waals surface area contributed by atoms with Crippen molar-refractivity contribution in [3.63, 3.8) is 0 Å². The average Bonchev–Trinajstić information content (AvgIpc) is 3.32. The van der Waals surface area contributed by atoms with Crippen LogP contribution < -0.4 is 9.47 Å². The van der Waals surface area contributed by atoms with Gasteiger partial charge in [0.1, 0.15) is 23.0 Å². The second-order valence-corrected chi connectivity index (χ2v) is 6.78. The number of hydrogen-bond donors (Lipinski definition) is 0. The van der Waals surface area contributed by atoms with Crippen LogP contribution in [0.1, 0.15) is 11.5 Å². The van der Waals surface area contributed by atoms with Crippen molar-refractivity contribution in [2.45, 2.75) is 13.8 Å². The lowest BCUT2D eigenvalue weighted by atomic mass is 10.2. The molecule has 0 fully saturated rings. The van der Waals surface area contributed by atoms with Gasteiger partial charge in [-0.05, 0) is 38.1 Å². The lowest BCUT2D eigenvalue weighted by Gasteiger charge is -2.09. The van der Waals surface area contributed by atoms with E-state index >= 15 is 0 Å². The third-order valence-corrected chi connectivity index (χ3v) is 4.97. The van der Waals surface area contributed by atoms with Crippen LogP contribution in [0.25, 0.3) is 28.7 Å². The van der Waals surface area contributed by atoms with Gasteiger partial charge in [0.05, 0.1) is 36.2 Å². The van der Waals surface area contributed by atoms with Crippen molar-refractivity contribution in [2.75, 3.05) is 14.2 Å². The minimum atomic E-state index is 0.323. The van der Waals surface area contributed by atoms with Gasteiger partial charge < -0.3 is 14.0 Å². The summed E-state index contributed by atoms with van der Waals surface area (Å²) in [5.41, 5.74) is 3.00. The van der Waals surface area contributed by atoms with Crippen LogP contribution in [-0.2, 0) is 0 Å². The number of benzene rings is 2. The molecule has 4 rings (SSSR count). The maximum Gasteiger partial charge on any atom is 0.278 e. The van der Waals surface area contributed by atoms with E-state index in [0.717, 1.165) is 17.2 Å². The van der Waals surface area contributed by atoms with E-state index in [0.29, 0.717) is 39.5 Å². The molecule has 7 nitrogen and oxygen atoms in total. The molecule has 29 heavy (non-hydrogen) atoms. The summed E-state index contributed by atoms with van der Waals surface area (Å²) in [6.07, 6.45) is 0. The van der Waals surface area contributed by atoms with Gasteiger partial charge >= 0.3 is 0 Å². The zero-order valence-electron chi connectivity index (χ0n) is 16.4. The number of ether oxygens (including phenoxy) is 2. The molecule has 148 valence electrons. The molecule has 2 heterocycles. The Morgan fingerprint density at radius 2 is 1.79 bits per heavy atom. The van der Waals surface area contributed by atoms with Gasteiger partial charge in [-0.2, -0.15) is 4.98 Å². The normalized spacial score (nSPS) is 10.9. The molecule has 0 N–H and O–H groups in total. The van der Waals surface area contributed by atoms with Crippen molar-refractivity contribution in [2.24, 2.45) is 0 Å². The Bertz CT molecular complexity index is 1180. The smallest absolute Gasteiger partial charge is 0.278 e. The predicted octanol–water partition coefficient (Wildman–Crippen LogP) is 4.88. The first-order valence-corrected chi connectivity index (χ1v) is 9.28. The number of hydrogen-bond acceptors (Lipinski definition) is 6. The summed E-state index contributed by atoms with van der Waals surface area (Å²) in [6.45, 7) is 3.85. The molecule has 4 aromatic rings. The molecule has 2 aromatic carbocycles. The van der Waals surface area contributed by atoms with E-state index in [4.69, 9.17) is 25.6 Å². The molecule has 0 unspecified atom stereocenters. The minimum absolute atomic E-state index is 0.323. The third-order valence-electron chi connectivity index (χ3n) is 4.65. The Morgan fingerprint density at radius 3 is 2.52 bits per heavy atom. The van der Waals surface area contributed by atoms with E-state index in [-0.39, 0.29) is 0 Å². The highest BCUT2D eigenvalue weighted by atomic mass is 35.5. The van der Waals surface area contributed by atoms with E-state index in [9.17, 15) is 0 Å². The van der Waals surface area contributed by atoms with Gasteiger partial charge in [0.2, 0.25) is 5.82 Å². The van der Waals surface area contributed by atoms with Gasteiger partial charge in [-0.1, -0.05) is 28.9 Å². The van der Waals surface area contributed by atoms with Gasteiger partial charge in [0, 0.05) is 6.07 Å². The highest BCUT2D eigenvalue weighted by Crippen LogP contribution is 2.34. The summed E-state index contributed by atoms with van der Waals surface area (Å²) in [7, 11) is 3.18. The lowest BCUT2D eigenvalue weighted by Crippen LogP contribution is -2.00. The second kappa shape index (κ2) is 7.60. The molecule has 0 saturated carbocycles. The van der Waals surface area contributed by atoms with Crippen LogP contribution in [0.3, 0.4) is 0 Å². The fourth-order valence-electron chi connectivity index (χ4n) is 3.24. The van der Waals surface area contributed by atoms with Crippen LogP contribution in [0.4, 0.5) is 0 Å². The SMILES string of the molecule is COc1ccc(-c2noc(-c3nc(C)n(-c4ccccc4Cl)c3C)n2)c(OC)c1. The average molecular weight is 411 g/mol. The molecule has 0 radical (unpaired) electrons. The fraction of sp³-hybridized carbons (Fsp3) is 0.190. The Balaban J connectivity index is 1.77. The topological polar surface area (TPSA) is 75.2 Å². The van der Waals surface area contributed by atoms with Crippen molar-refractivity contribution in [1.82, 2.24) is 19.7 Å². The predicted molar refractivity (Wildman–Crippen MR) is 110 cm³/mol. The van der Waals surface area contributed by atoms with E-state index in [1.54, 1.807) is 20.3 Å². The zero-order valence-corrected chi connectivity index (χ0v) is 17.2. The van der Waals surface area contributed by atoms with E-state index in [1.165, 1.54) is 0 Å². The van der Waals surface area contributed by atoms with Crippen molar-refractivity contribution < 1.29 is 14.0 Å². The van der Waals surface area contributed by atoms with E-state index < -0.39 is 0 Å². The summed E-state index contributed by atoms with van der Waals surface area (Å²) in [6, 6.07) is 13.0. The number of rotatable bonds is 5. The highest BCUT2D eigenvalue weighted by Gasteiger charge is 2.22. The molecule has 0 aliphatic rings. The Hall–Kier alpha value is -3.32. The summed E-state index contributed by atoms with van der Waals surface area (Å²) in [5, 5.41) is 4.75. The van der Waals surface area contributed by atoms with Gasteiger partial charge in [0.25, 0.3) is 5.89 Å². The second-order valence-electron chi connectivity index (χ2n) is 6.37. The number of aromatic nitrogens is 4. The fourth-order valence-corrected chi connectivity index (χ4v) is 3.46. The first-order chi connectivity index (χ1) is 14.0. The van der Waals surface area contributed by atoms with Crippen molar-refractivity contribution >= 4 is 11.6 Å². The number of aryl methyl sites for hydroxylation is 1. The first-order valence-electron chi connectivity index (χ1n) is 8.90. The Labute approximate surface area is 172 Å². The highest BCUT2D eigenvalue weighted by molar-refractivity contribution is 6.32. The third kappa shape index (κ3) is 3.34. The molecule has 0 aliphatic heterocycles. The summed E-state index contributed by atoms with van der Waals surface area (Å²) >= 11 is 6.38. The molecule has 0 bridgehead atoms. The standard InChI is InChI=1S/C21H19ClN4O3/c1-12-19(23-13(2)26(12)17-8-6-5-7-16(17)22)21-24-20(25-29-21)15-10-9-14(27-3)11-18(15)28-4/h5-11H,1-4H3. The lowest BCUT2D eigenvalue weighted by molar-refractivity contribution is 0.394. The van der Waals surface area contributed by atoms with Crippen LogP contribution >= 0.6 is 11.6 Å². The maximum absolute atomic E-state index is 6.38. The zero-order chi connectivity index (χ0) is 20.5. The van der Waals surface area contributed by atoms with E-state index in [1.807, 2.05) is 54.8 Å². The molecule has 8 heteroatoms. The quantitative estimate of drug-likeness (QED) is 0.467. The summed E-state index contributed by atoms with van der Waals surface area (Å²) in [4.78, 5) is 9.17. The molecular weight excluding hydrogens is 392 g/mol. The maximum atomic E-state index is 6.38. The molecular formula is C21H19ClN4O3. The summed E-state index contributed by atoms with van der Waals surface area (Å²) < 4.78 is 18.2. The van der Waals surface area contributed by atoms with Crippen molar-refractivity contribution in [3.05, 3.63) is 59.0 Å². The molecule has 0 saturated heterocycles. The summed E-state index contributed by atoms with van der Waals surface area (Å²) in [5.74, 6) is 2.77. The largest absolute Gasteiger partial charge is 0.497 e. The van der Waals surface area contributed by atoms with E-state index in [2.05, 4.69) is 15.1 Å². The van der Waals surface area contributed by atoms with Crippen molar-refractivity contribution in [1.29, 1.82) is 0 Å². The monoisotopic (exact) mass is 410 g/mol.